The molecule has 0 radical (unpaired) electrons. The van der Waals surface area contributed by atoms with Gasteiger partial charge in [0.05, 0.1) is 11.4 Å². The fourth-order valence-electron chi connectivity index (χ4n) is 3.37. The maximum atomic E-state index is 12.8. The van der Waals surface area contributed by atoms with Crippen molar-refractivity contribution in [2.45, 2.75) is 31.7 Å². The number of hydrogen-bond acceptors (Lipinski definition) is 7. The number of rotatable bonds is 3. The molecule has 4 rings (SSSR count). The number of hydrogen-bond donors (Lipinski definition) is 1. The minimum atomic E-state index is -0.780. The number of carbonyl (C=O) groups excluding carboxylic acids is 2. The van der Waals surface area contributed by atoms with Crippen LogP contribution in [0.25, 0.3) is 11.4 Å². The van der Waals surface area contributed by atoms with Crippen LogP contribution in [-0.4, -0.2) is 31.4 Å². The van der Waals surface area contributed by atoms with Gasteiger partial charge in [0.1, 0.15) is 18.1 Å². The maximum Gasteiger partial charge on any atom is 0.342 e. The van der Waals surface area contributed by atoms with Crippen LogP contribution >= 0.6 is 0 Å². The molecular weight excluding hydrogens is 386 g/mol. The Morgan fingerprint density at radius 3 is 2.70 bits per heavy atom. The quantitative estimate of drug-likeness (QED) is 0.661. The molecule has 0 bridgehead atoms. The molecule has 1 aliphatic heterocycles. The van der Waals surface area contributed by atoms with Gasteiger partial charge in [0, 0.05) is 24.4 Å². The standard InChI is InChI=1S/C21H19N5O4/c27-18-12-17(16-9-10-22-13-23-16)24-19-15(8-4-5-11-26(18)19)21(29)30-25-20(28)14-6-2-1-3-7-14/h1-3,6-7,9-10,12-13,15H,4-5,8,11H2,(H,25,28). The molecule has 1 atom stereocenters. The number of fused-ring (bicyclic) bond motifs is 1. The highest BCUT2D eigenvalue weighted by atomic mass is 16.7. The molecule has 1 unspecified atom stereocenters. The highest BCUT2D eigenvalue weighted by Gasteiger charge is 2.30. The summed E-state index contributed by atoms with van der Waals surface area (Å²) in [4.78, 5) is 55.3. The van der Waals surface area contributed by atoms with Gasteiger partial charge in [-0.3, -0.25) is 14.2 Å². The van der Waals surface area contributed by atoms with Crippen molar-refractivity contribution in [1.82, 2.24) is 25.0 Å². The summed E-state index contributed by atoms with van der Waals surface area (Å²) in [5.74, 6) is -1.66. The third-order valence-electron chi connectivity index (χ3n) is 4.88. The van der Waals surface area contributed by atoms with E-state index in [4.69, 9.17) is 4.84 Å². The van der Waals surface area contributed by atoms with Crippen molar-refractivity contribution < 1.29 is 14.4 Å². The van der Waals surface area contributed by atoms with E-state index in [9.17, 15) is 14.4 Å². The Labute approximate surface area is 171 Å². The van der Waals surface area contributed by atoms with Gasteiger partial charge < -0.3 is 4.84 Å². The number of nitrogens with zero attached hydrogens (tertiary/aromatic N) is 4. The monoisotopic (exact) mass is 405 g/mol. The zero-order chi connectivity index (χ0) is 20.9. The lowest BCUT2D eigenvalue weighted by Crippen LogP contribution is -2.33. The van der Waals surface area contributed by atoms with Crippen molar-refractivity contribution in [3.63, 3.8) is 0 Å². The molecule has 0 aliphatic carbocycles. The molecule has 1 aromatic carbocycles. The van der Waals surface area contributed by atoms with E-state index < -0.39 is 17.8 Å². The van der Waals surface area contributed by atoms with Gasteiger partial charge in [-0.2, -0.15) is 5.48 Å². The first-order valence-electron chi connectivity index (χ1n) is 9.58. The van der Waals surface area contributed by atoms with E-state index in [1.807, 2.05) is 0 Å². The SMILES string of the molecule is O=C(NOC(=O)C1CCCCn2c1nc(-c1ccncn1)cc2=O)c1ccccc1. The first-order valence-corrected chi connectivity index (χ1v) is 9.58. The molecule has 2 aromatic heterocycles. The molecule has 9 nitrogen and oxygen atoms in total. The van der Waals surface area contributed by atoms with Crippen LogP contribution in [0, 0.1) is 0 Å². The molecule has 1 amide bonds. The Balaban J connectivity index is 1.60. The minimum absolute atomic E-state index is 0.262. The van der Waals surface area contributed by atoms with Gasteiger partial charge in [-0.15, -0.1) is 0 Å². The average Bonchev–Trinajstić information content (AvgIpc) is 3.01. The van der Waals surface area contributed by atoms with Crippen molar-refractivity contribution in [1.29, 1.82) is 0 Å². The summed E-state index contributed by atoms with van der Waals surface area (Å²) >= 11 is 0. The van der Waals surface area contributed by atoms with Crippen LogP contribution in [0.2, 0.25) is 0 Å². The van der Waals surface area contributed by atoms with Crippen LogP contribution in [0.15, 0.2) is 59.8 Å². The second-order valence-corrected chi connectivity index (χ2v) is 6.85. The number of nitrogens with one attached hydrogen (secondary N) is 1. The van der Waals surface area contributed by atoms with Crippen LogP contribution in [0.4, 0.5) is 0 Å². The summed E-state index contributed by atoms with van der Waals surface area (Å²) in [6, 6.07) is 11.5. The summed E-state index contributed by atoms with van der Waals surface area (Å²) < 4.78 is 1.49. The van der Waals surface area contributed by atoms with Crippen molar-refractivity contribution in [2.24, 2.45) is 0 Å². The summed E-state index contributed by atoms with van der Waals surface area (Å²) in [7, 11) is 0. The largest absolute Gasteiger partial charge is 0.342 e. The Morgan fingerprint density at radius 2 is 1.93 bits per heavy atom. The lowest BCUT2D eigenvalue weighted by molar-refractivity contribution is -0.151. The zero-order valence-corrected chi connectivity index (χ0v) is 16.0. The third kappa shape index (κ3) is 4.09. The van der Waals surface area contributed by atoms with Crippen LogP contribution < -0.4 is 11.0 Å². The Hall–Kier alpha value is -3.88. The first-order chi connectivity index (χ1) is 14.6. The molecule has 9 heteroatoms. The van der Waals surface area contributed by atoms with Crippen molar-refractivity contribution >= 4 is 11.9 Å². The summed E-state index contributed by atoms with van der Waals surface area (Å²) in [6.07, 6.45) is 4.84. The van der Waals surface area contributed by atoms with Gasteiger partial charge in [-0.25, -0.2) is 19.7 Å². The van der Waals surface area contributed by atoms with Gasteiger partial charge in [-0.05, 0) is 31.0 Å². The topological polar surface area (TPSA) is 116 Å². The summed E-state index contributed by atoms with van der Waals surface area (Å²) in [5, 5.41) is 0. The van der Waals surface area contributed by atoms with Gasteiger partial charge in [0.2, 0.25) is 0 Å². The van der Waals surface area contributed by atoms with E-state index in [0.717, 1.165) is 12.8 Å². The molecule has 0 saturated heterocycles. The highest BCUT2D eigenvalue weighted by Crippen LogP contribution is 2.26. The smallest absolute Gasteiger partial charge is 0.340 e. The zero-order valence-electron chi connectivity index (χ0n) is 16.0. The molecule has 152 valence electrons. The Morgan fingerprint density at radius 1 is 1.10 bits per heavy atom. The second-order valence-electron chi connectivity index (χ2n) is 6.85. The molecular formula is C21H19N5O4. The van der Waals surface area contributed by atoms with E-state index in [-0.39, 0.29) is 5.56 Å². The molecule has 1 aliphatic rings. The number of hydroxylamine groups is 1. The maximum absolute atomic E-state index is 12.8. The molecule has 0 saturated carbocycles. The number of aromatic nitrogens is 4. The number of amides is 1. The van der Waals surface area contributed by atoms with Crippen molar-refractivity contribution in [3.8, 4) is 11.4 Å². The van der Waals surface area contributed by atoms with Gasteiger partial charge in [0.25, 0.3) is 11.5 Å². The van der Waals surface area contributed by atoms with Crippen LogP contribution in [0.5, 0.6) is 0 Å². The normalized spacial score (nSPS) is 15.5. The average molecular weight is 405 g/mol. The van der Waals surface area contributed by atoms with Gasteiger partial charge in [-0.1, -0.05) is 24.6 Å². The van der Waals surface area contributed by atoms with Crippen LogP contribution in [-0.2, 0) is 16.2 Å². The highest BCUT2D eigenvalue weighted by molar-refractivity contribution is 5.94. The van der Waals surface area contributed by atoms with Gasteiger partial charge >= 0.3 is 5.97 Å². The second kappa shape index (κ2) is 8.64. The van der Waals surface area contributed by atoms with E-state index in [1.54, 1.807) is 42.6 Å². The van der Waals surface area contributed by atoms with E-state index in [2.05, 4.69) is 20.4 Å². The van der Waals surface area contributed by atoms with E-state index in [1.165, 1.54) is 17.0 Å². The predicted molar refractivity (Wildman–Crippen MR) is 106 cm³/mol. The fraction of sp³-hybridized carbons (Fsp3) is 0.238. The van der Waals surface area contributed by atoms with Gasteiger partial charge in [0.15, 0.2) is 0 Å². The third-order valence-corrected chi connectivity index (χ3v) is 4.88. The molecule has 0 fully saturated rings. The lowest BCUT2D eigenvalue weighted by Gasteiger charge is -2.17. The molecule has 3 heterocycles. The number of benzene rings is 1. The Kier molecular flexibility index (Phi) is 5.60. The van der Waals surface area contributed by atoms with E-state index in [0.29, 0.717) is 35.7 Å². The molecule has 3 aromatic rings. The Bertz CT molecular complexity index is 1120. The summed E-state index contributed by atoms with van der Waals surface area (Å²) in [6.45, 7) is 0.464. The summed E-state index contributed by atoms with van der Waals surface area (Å²) in [5.41, 5.74) is 3.14. The lowest BCUT2D eigenvalue weighted by atomic mass is 10.0. The minimum Gasteiger partial charge on any atom is -0.340 e. The molecule has 30 heavy (non-hydrogen) atoms. The number of carbonyl (C=O) groups is 2. The van der Waals surface area contributed by atoms with E-state index >= 15 is 0 Å². The van der Waals surface area contributed by atoms with Crippen LogP contribution in [0.1, 0.15) is 41.4 Å². The van der Waals surface area contributed by atoms with Crippen molar-refractivity contribution in [3.05, 3.63) is 76.7 Å². The fourth-order valence-corrected chi connectivity index (χ4v) is 3.37. The predicted octanol–water partition coefficient (Wildman–Crippen LogP) is 1.86. The first kappa shape index (κ1) is 19.4. The van der Waals surface area contributed by atoms with Crippen molar-refractivity contribution in [2.75, 3.05) is 0 Å². The molecule has 0 spiro atoms. The molecule has 1 N–H and O–H groups in total. The van der Waals surface area contributed by atoms with Crippen LogP contribution in [0.3, 0.4) is 0 Å².